The van der Waals surface area contributed by atoms with Crippen molar-refractivity contribution in [1.29, 1.82) is 0 Å². The van der Waals surface area contributed by atoms with Gasteiger partial charge in [-0.3, -0.25) is 14.4 Å². The molecule has 0 atom stereocenters. The van der Waals surface area contributed by atoms with E-state index in [0.717, 1.165) is 33.9 Å². The van der Waals surface area contributed by atoms with Crippen LogP contribution in [0, 0.1) is 13.8 Å². The number of aromatic hydroxyl groups is 1. The van der Waals surface area contributed by atoms with Crippen LogP contribution in [-0.2, 0) is 23.9 Å². The first-order valence-corrected chi connectivity index (χ1v) is 16.8. The van der Waals surface area contributed by atoms with Crippen molar-refractivity contribution < 1.29 is 27.9 Å². The van der Waals surface area contributed by atoms with Crippen LogP contribution in [0.3, 0.4) is 0 Å². The first kappa shape index (κ1) is 35.4. The Bertz CT molecular complexity index is 2490. The van der Waals surface area contributed by atoms with Gasteiger partial charge in [-0.15, -0.1) is 5.10 Å². The minimum absolute atomic E-state index is 0.0303. The molecule has 274 valence electrons. The van der Waals surface area contributed by atoms with Crippen LogP contribution in [-0.4, -0.2) is 86.7 Å². The van der Waals surface area contributed by atoms with Crippen molar-refractivity contribution in [2.75, 3.05) is 36.4 Å². The molecule has 0 radical (unpaired) electrons. The number of piperazine rings is 1. The van der Waals surface area contributed by atoms with Crippen molar-refractivity contribution in [2.45, 2.75) is 39.9 Å². The fraction of sp³-hybridized carbons (Fsp3) is 0.294. The quantitative estimate of drug-likeness (QED) is 0.242. The Labute approximate surface area is 303 Å². The first-order chi connectivity index (χ1) is 25.2. The number of amides is 2. The van der Waals surface area contributed by atoms with E-state index in [2.05, 4.69) is 25.5 Å². The second-order valence-electron chi connectivity index (χ2n) is 12.4. The molecule has 0 saturated carbocycles. The fourth-order valence-corrected chi connectivity index (χ4v) is 6.57. The summed E-state index contributed by atoms with van der Waals surface area (Å²) in [5, 5.41) is 21.6. The summed E-state index contributed by atoms with van der Waals surface area (Å²) in [5.41, 5.74) is 1.49. The number of fused-ring (bicyclic) bond motifs is 2. The minimum Gasteiger partial charge on any atom is -0.504 e. The molecule has 1 aliphatic heterocycles. The summed E-state index contributed by atoms with van der Waals surface area (Å²) in [6.45, 7) is 5.63. The van der Waals surface area contributed by atoms with Crippen molar-refractivity contribution in [2.24, 2.45) is 0 Å². The van der Waals surface area contributed by atoms with Crippen molar-refractivity contribution in [1.82, 2.24) is 43.6 Å². The van der Waals surface area contributed by atoms with Gasteiger partial charge in [0.15, 0.2) is 17.3 Å². The predicted octanol–water partition coefficient (Wildman–Crippen LogP) is 4.15. The van der Waals surface area contributed by atoms with Crippen LogP contribution in [0.5, 0.6) is 5.75 Å². The van der Waals surface area contributed by atoms with Crippen molar-refractivity contribution in [3.05, 3.63) is 92.6 Å². The van der Waals surface area contributed by atoms with Crippen LogP contribution < -0.4 is 15.8 Å². The normalized spacial score (nSPS) is 13.6. The lowest BCUT2D eigenvalue weighted by Crippen LogP contribution is -2.51. The van der Waals surface area contributed by atoms with Crippen molar-refractivity contribution >= 4 is 46.1 Å². The van der Waals surface area contributed by atoms with Gasteiger partial charge in [0.1, 0.15) is 18.6 Å². The molecule has 0 aliphatic carbocycles. The third-order valence-corrected chi connectivity index (χ3v) is 9.28. The van der Waals surface area contributed by atoms with E-state index in [4.69, 9.17) is 16.6 Å². The highest BCUT2D eigenvalue weighted by Gasteiger charge is 2.32. The molecule has 5 aromatic heterocycles. The summed E-state index contributed by atoms with van der Waals surface area (Å²) in [7, 11) is 0. The molecule has 1 fully saturated rings. The summed E-state index contributed by atoms with van der Waals surface area (Å²) < 4.78 is 44.1. The van der Waals surface area contributed by atoms with Crippen molar-refractivity contribution in [3.8, 4) is 17.1 Å². The second-order valence-corrected chi connectivity index (χ2v) is 12.8. The maximum atomic E-state index is 14.3. The number of carbonyl (C=O) groups excluding carboxylic acids is 2. The Morgan fingerprint density at radius 2 is 1.77 bits per heavy atom. The third-order valence-electron chi connectivity index (χ3n) is 8.97. The molecule has 53 heavy (non-hydrogen) atoms. The molecule has 6 heterocycles. The first-order valence-electron chi connectivity index (χ1n) is 16.4. The highest BCUT2D eigenvalue weighted by atomic mass is 35.5. The minimum atomic E-state index is -4.62. The van der Waals surface area contributed by atoms with Gasteiger partial charge in [-0.25, -0.2) is 14.5 Å². The maximum absolute atomic E-state index is 14.3. The number of alkyl halides is 3. The number of halogens is 4. The average molecular weight is 750 g/mol. The molecule has 19 heteroatoms. The SMILES string of the molecule is CCc1c(N2CCN(C(=O)c3ncnc(C)c3O)CC2)c(=O)n2nc(-c3ccn4nc(C)cc4c3)nc2n1CC(=O)Nc1ccc(C(F)(F)F)cc1Cl. The van der Waals surface area contributed by atoms with Gasteiger partial charge in [0.05, 0.1) is 38.9 Å². The summed E-state index contributed by atoms with van der Waals surface area (Å²) in [6.07, 6.45) is -1.41. The molecule has 2 amide bonds. The number of anilines is 2. The molecule has 0 unspecified atom stereocenters. The fourth-order valence-electron chi connectivity index (χ4n) is 6.35. The largest absolute Gasteiger partial charge is 0.504 e. The summed E-state index contributed by atoms with van der Waals surface area (Å²) in [6, 6.07) is 8.06. The Morgan fingerprint density at radius 3 is 2.47 bits per heavy atom. The van der Waals surface area contributed by atoms with E-state index < -0.39 is 35.7 Å². The van der Waals surface area contributed by atoms with E-state index in [0.29, 0.717) is 11.3 Å². The Hall–Kier alpha value is -6.04. The number of benzene rings is 1. The third kappa shape index (κ3) is 6.61. The van der Waals surface area contributed by atoms with Crippen LogP contribution in [0.4, 0.5) is 24.5 Å². The zero-order chi connectivity index (χ0) is 37.8. The van der Waals surface area contributed by atoms with Crippen LogP contribution in [0.15, 0.2) is 53.7 Å². The number of hydrogen-bond donors (Lipinski definition) is 2. The van der Waals surface area contributed by atoms with Gasteiger partial charge in [-0.05, 0) is 56.7 Å². The van der Waals surface area contributed by atoms with E-state index in [1.807, 2.05) is 26.0 Å². The van der Waals surface area contributed by atoms with E-state index in [-0.39, 0.29) is 77.7 Å². The Kier molecular flexibility index (Phi) is 9.01. The van der Waals surface area contributed by atoms with Gasteiger partial charge in [-0.1, -0.05) is 18.5 Å². The van der Waals surface area contributed by atoms with Crippen LogP contribution in [0.1, 0.15) is 40.1 Å². The predicted molar refractivity (Wildman–Crippen MR) is 187 cm³/mol. The lowest BCUT2D eigenvalue weighted by molar-refractivity contribution is -0.137. The molecule has 1 saturated heterocycles. The van der Waals surface area contributed by atoms with Gasteiger partial charge in [0.25, 0.3) is 11.5 Å². The monoisotopic (exact) mass is 749 g/mol. The summed E-state index contributed by atoms with van der Waals surface area (Å²) >= 11 is 6.14. The highest BCUT2D eigenvalue weighted by molar-refractivity contribution is 6.33. The maximum Gasteiger partial charge on any atom is 0.416 e. The van der Waals surface area contributed by atoms with Gasteiger partial charge in [0, 0.05) is 37.9 Å². The van der Waals surface area contributed by atoms with Gasteiger partial charge in [0.2, 0.25) is 11.7 Å². The zero-order valence-corrected chi connectivity index (χ0v) is 29.3. The lowest BCUT2D eigenvalue weighted by atomic mass is 10.2. The van der Waals surface area contributed by atoms with E-state index in [1.165, 1.54) is 11.2 Å². The Morgan fingerprint density at radius 1 is 1.02 bits per heavy atom. The van der Waals surface area contributed by atoms with Crippen molar-refractivity contribution in [3.63, 3.8) is 0 Å². The van der Waals surface area contributed by atoms with Gasteiger partial charge in [-0.2, -0.15) is 27.8 Å². The summed E-state index contributed by atoms with van der Waals surface area (Å²) in [5.74, 6) is -1.16. The lowest BCUT2D eigenvalue weighted by Gasteiger charge is -2.36. The van der Waals surface area contributed by atoms with Crippen LogP contribution >= 0.6 is 11.6 Å². The average Bonchev–Trinajstić information content (AvgIpc) is 3.74. The van der Waals surface area contributed by atoms with Crippen LogP contribution in [0.25, 0.3) is 22.7 Å². The molecule has 2 N–H and O–H groups in total. The molecular formula is C34H31ClF3N11O4. The highest BCUT2D eigenvalue weighted by Crippen LogP contribution is 2.34. The van der Waals surface area contributed by atoms with Gasteiger partial charge < -0.3 is 24.8 Å². The molecule has 7 rings (SSSR count). The van der Waals surface area contributed by atoms with Gasteiger partial charge >= 0.3 is 6.18 Å². The Balaban J connectivity index is 1.27. The smallest absolute Gasteiger partial charge is 0.416 e. The standard InChI is InChI=1S/C34H31ClF3N11O4/c1-4-25-28(45-9-11-46(12-10-45)31(52)27-29(51)19(3)39-17-40-27)32(53)49-33(42-30(44-49)20-7-8-48-22(14-20)13-18(2)43-48)47(25)16-26(50)41-24-6-5-21(15-23(24)35)34(36,37)38/h5-8,13-15,17,51H,4,9-12,16H2,1-3H3,(H,41,50). The molecule has 0 bridgehead atoms. The molecule has 1 aromatic carbocycles. The van der Waals surface area contributed by atoms with E-state index in [1.54, 1.807) is 33.2 Å². The number of rotatable bonds is 7. The molecule has 1 aliphatic rings. The zero-order valence-electron chi connectivity index (χ0n) is 28.5. The molecule has 0 spiro atoms. The number of nitrogens with zero attached hydrogens (tertiary/aromatic N) is 10. The molecule has 6 aromatic rings. The molecule has 15 nitrogen and oxygen atoms in total. The number of pyridine rings is 1. The number of carbonyl (C=O) groups is 2. The van der Waals surface area contributed by atoms with E-state index >= 15 is 0 Å². The number of aromatic nitrogens is 8. The van der Waals surface area contributed by atoms with E-state index in [9.17, 15) is 32.7 Å². The number of nitrogens with one attached hydrogen (secondary N) is 1. The number of aryl methyl sites for hydroxylation is 2. The molecular weight excluding hydrogens is 719 g/mol. The number of hydrogen-bond acceptors (Lipinski definition) is 10. The summed E-state index contributed by atoms with van der Waals surface area (Å²) in [4.78, 5) is 57.1. The second kappa shape index (κ2) is 13.5. The van der Waals surface area contributed by atoms with Crippen LogP contribution in [0.2, 0.25) is 5.02 Å². The topological polar surface area (TPSA) is 168 Å².